The summed E-state index contributed by atoms with van der Waals surface area (Å²) in [5.41, 5.74) is 1.43. The zero-order valence-corrected chi connectivity index (χ0v) is 12.8. The Bertz CT molecular complexity index is 824. The van der Waals surface area contributed by atoms with Crippen molar-refractivity contribution in [3.63, 3.8) is 0 Å². The molecule has 2 N–H and O–H groups in total. The fourth-order valence-electron chi connectivity index (χ4n) is 2.43. The first-order chi connectivity index (χ1) is 11.3. The molecule has 0 aliphatic carbocycles. The van der Waals surface area contributed by atoms with Gasteiger partial charge in [0.2, 0.25) is 5.71 Å². The molecule has 0 saturated carbocycles. The minimum Gasteiger partial charge on any atom is -0.595 e. The van der Waals surface area contributed by atoms with Crippen LogP contribution in [0.5, 0.6) is 5.75 Å². The second kappa shape index (κ2) is 5.88. The molecule has 0 saturated heterocycles. The van der Waals surface area contributed by atoms with E-state index in [1.165, 1.54) is 36.4 Å². The monoisotopic (exact) mass is 357 g/mol. The smallest absolute Gasteiger partial charge is 0.417 e. The molecule has 0 unspecified atom stereocenters. The van der Waals surface area contributed by atoms with Gasteiger partial charge in [0.15, 0.2) is 5.69 Å². The fourth-order valence-corrected chi connectivity index (χ4v) is 2.60. The van der Waals surface area contributed by atoms with Gasteiger partial charge >= 0.3 is 6.18 Å². The Hall–Kier alpha value is -2.45. The summed E-state index contributed by atoms with van der Waals surface area (Å²) >= 11 is 5.84. The molecule has 1 aliphatic rings. The molecule has 0 fully saturated rings. The number of alkyl halides is 3. The van der Waals surface area contributed by atoms with Crippen molar-refractivity contribution >= 4 is 23.0 Å². The van der Waals surface area contributed by atoms with Crippen molar-refractivity contribution in [2.45, 2.75) is 6.18 Å². The Labute approximate surface area is 139 Å². The maximum Gasteiger partial charge on any atom is 0.417 e. The van der Waals surface area contributed by atoms with E-state index in [2.05, 4.69) is 5.43 Å². The fraction of sp³-hybridized carbons (Fsp3) is 0.133. The van der Waals surface area contributed by atoms with Crippen molar-refractivity contribution in [2.75, 3.05) is 11.7 Å². The first-order valence-electron chi connectivity index (χ1n) is 6.81. The Morgan fingerprint density at radius 3 is 2.62 bits per heavy atom. The molecule has 24 heavy (non-hydrogen) atoms. The molecule has 3 rings (SSSR count). The third kappa shape index (κ3) is 2.85. The molecule has 5 nitrogen and oxygen atoms in total. The van der Waals surface area contributed by atoms with E-state index in [-0.39, 0.29) is 39.1 Å². The molecule has 9 heteroatoms. The van der Waals surface area contributed by atoms with Crippen molar-refractivity contribution in [1.82, 2.24) is 5.43 Å². The summed E-state index contributed by atoms with van der Waals surface area (Å²) in [6, 6.07) is 8.86. The van der Waals surface area contributed by atoms with Gasteiger partial charge in [-0.15, -0.1) is 0 Å². The molecule has 2 aromatic rings. The van der Waals surface area contributed by atoms with Crippen molar-refractivity contribution in [3.8, 4) is 5.75 Å². The number of phenolic OH excluding ortho intramolecular Hbond substituents is 1. The number of hydrogen-bond donors (Lipinski definition) is 2. The lowest BCUT2D eigenvalue weighted by atomic mass is 10.0. The highest BCUT2D eigenvalue weighted by atomic mass is 35.5. The second-order valence-electron chi connectivity index (χ2n) is 5.04. The first-order valence-corrected chi connectivity index (χ1v) is 7.18. The molecule has 0 radical (unpaired) electrons. The van der Waals surface area contributed by atoms with Crippen molar-refractivity contribution in [3.05, 3.63) is 63.8 Å². The zero-order valence-electron chi connectivity index (χ0n) is 12.0. The number of hydrogen-bond acceptors (Lipinski definition) is 4. The number of aromatic hydroxyl groups is 1. The van der Waals surface area contributed by atoms with Gasteiger partial charge in [0.05, 0.1) is 11.1 Å². The number of nitrogens with zero attached hydrogens (tertiary/aromatic N) is 2. The molecule has 1 aliphatic heterocycles. The van der Waals surface area contributed by atoms with Crippen LogP contribution in [-0.4, -0.2) is 22.2 Å². The predicted molar refractivity (Wildman–Crippen MR) is 82.8 cm³/mol. The molecular formula is C15H11ClF3N3O2. The summed E-state index contributed by atoms with van der Waals surface area (Å²) in [6.07, 6.45) is -4.59. The van der Waals surface area contributed by atoms with Crippen LogP contribution in [-0.2, 0) is 6.18 Å². The van der Waals surface area contributed by atoms with Crippen molar-refractivity contribution < 1.29 is 23.1 Å². The summed E-state index contributed by atoms with van der Waals surface area (Å²) in [5, 5.41) is 23.5. The van der Waals surface area contributed by atoms with Gasteiger partial charge in [-0.3, -0.25) is 0 Å². The van der Waals surface area contributed by atoms with Crippen LogP contribution in [0.3, 0.4) is 0 Å². The number of phenols is 1. The van der Waals surface area contributed by atoms with Crippen LogP contribution >= 0.6 is 11.6 Å². The number of hydrazine groups is 2. The third-order valence-electron chi connectivity index (χ3n) is 3.52. The molecule has 0 bridgehead atoms. The van der Waals surface area contributed by atoms with E-state index in [0.717, 1.165) is 11.2 Å². The van der Waals surface area contributed by atoms with E-state index in [1.54, 1.807) is 0 Å². The van der Waals surface area contributed by atoms with Gasteiger partial charge in [0, 0.05) is 5.02 Å². The Kier molecular flexibility index (Phi) is 4.02. The Morgan fingerprint density at radius 1 is 1.21 bits per heavy atom. The summed E-state index contributed by atoms with van der Waals surface area (Å²) in [5.74, 6) is -0.238. The van der Waals surface area contributed by atoms with Crippen molar-refractivity contribution in [2.24, 2.45) is 0 Å². The van der Waals surface area contributed by atoms with Gasteiger partial charge in [-0.05, 0) is 30.3 Å². The van der Waals surface area contributed by atoms with Crippen LogP contribution in [0.1, 0.15) is 11.1 Å². The van der Waals surface area contributed by atoms with E-state index in [4.69, 9.17) is 11.6 Å². The zero-order chi connectivity index (χ0) is 17.5. The lowest BCUT2D eigenvalue weighted by Crippen LogP contribution is -2.36. The molecule has 0 spiro atoms. The average Bonchev–Trinajstić information content (AvgIpc) is 2.90. The quantitative estimate of drug-likeness (QED) is 0.639. The molecule has 0 amide bonds. The largest absolute Gasteiger partial charge is 0.595 e. The lowest BCUT2D eigenvalue weighted by molar-refractivity contribution is -0.470. The van der Waals surface area contributed by atoms with E-state index >= 15 is 0 Å². The summed E-state index contributed by atoms with van der Waals surface area (Å²) in [4.78, 5) is 0.274. The summed E-state index contributed by atoms with van der Waals surface area (Å²) in [7, 11) is 0. The second-order valence-corrected chi connectivity index (χ2v) is 5.48. The highest BCUT2D eigenvalue weighted by Crippen LogP contribution is 2.34. The summed E-state index contributed by atoms with van der Waals surface area (Å²) in [6.45, 7) is -0.136. The Morgan fingerprint density at radius 2 is 1.92 bits per heavy atom. The van der Waals surface area contributed by atoms with E-state index in [1.807, 2.05) is 0 Å². The predicted octanol–water partition coefficient (Wildman–Crippen LogP) is 3.30. The maximum absolute atomic E-state index is 13.1. The topological polar surface area (TPSA) is 61.6 Å². The van der Waals surface area contributed by atoms with Gasteiger partial charge in [-0.2, -0.15) is 18.6 Å². The van der Waals surface area contributed by atoms with Gasteiger partial charge in [0.25, 0.3) is 0 Å². The van der Waals surface area contributed by atoms with E-state index < -0.39 is 11.7 Å². The van der Waals surface area contributed by atoms with E-state index in [9.17, 15) is 23.5 Å². The number of rotatable bonds is 2. The number of anilines is 1. The number of benzene rings is 2. The minimum atomic E-state index is -4.59. The highest BCUT2D eigenvalue weighted by Gasteiger charge is 2.39. The van der Waals surface area contributed by atoms with Crippen LogP contribution in [0, 0.1) is 5.21 Å². The molecule has 1 heterocycles. The summed E-state index contributed by atoms with van der Waals surface area (Å²) < 4.78 is 39.4. The molecule has 126 valence electrons. The van der Waals surface area contributed by atoms with E-state index in [0.29, 0.717) is 0 Å². The SMILES string of the molecule is [O-][N+]1=C(c2ccccc2C(F)(F)F)CNN1c1cc(Cl)ccc1O. The molecule has 2 aromatic carbocycles. The van der Waals surface area contributed by atoms with Crippen LogP contribution < -0.4 is 10.5 Å². The Balaban J connectivity index is 2.08. The first kappa shape index (κ1) is 16.4. The van der Waals surface area contributed by atoms with Gasteiger partial charge in [-0.1, -0.05) is 33.7 Å². The third-order valence-corrected chi connectivity index (χ3v) is 3.75. The number of halogens is 4. The van der Waals surface area contributed by atoms with Crippen LogP contribution in [0.2, 0.25) is 5.02 Å². The maximum atomic E-state index is 13.1. The number of nitrogens with one attached hydrogen (secondary N) is 1. The molecular weight excluding hydrogens is 347 g/mol. The number of hydrazone groups is 1. The van der Waals surface area contributed by atoms with Gasteiger partial charge < -0.3 is 10.3 Å². The molecule has 0 aromatic heterocycles. The highest BCUT2D eigenvalue weighted by molar-refractivity contribution is 6.30. The average molecular weight is 358 g/mol. The standard InChI is InChI=1S/C15H11ClF3N3O2/c16-9-5-6-14(23)12(7-9)21-20-8-13(22(21)24)10-3-1-2-4-11(10)15(17,18)19/h1-7,20,23H,8H2. The minimum absolute atomic E-state index is 0.0389. The van der Waals surface area contributed by atoms with Crippen molar-refractivity contribution in [1.29, 1.82) is 0 Å². The normalized spacial score (nSPS) is 15.2. The van der Waals surface area contributed by atoms with Crippen LogP contribution in [0.15, 0.2) is 42.5 Å². The van der Waals surface area contributed by atoms with Crippen LogP contribution in [0.4, 0.5) is 18.9 Å². The van der Waals surface area contributed by atoms with Crippen LogP contribution in [0.25, 0.3) is 0 Å². The van der Waals surface area contributed by atoms with Gasteiger partial charge in [0.1, 0.15) is 12.3 Å². The lowest BCUT2D eigenvalue weighted by Gasteiger charge is -2.17. The molecule has 0 atom stereocenters. The van der Waals surface area contributed by atoms with Gasteiger partial charge in [-0.25, -0.2) is 0 Å².